The Hall–Kier alpha value is -4.79. The van der Waals surface area contributed by atoms with Gasteiger partial charge >= 0.3 is 12.1 Å². The van der Waals surface area contributed by atoms with Gasteiger partial charge in [-0.3, -0.25) is 4.79 Å². The van der Waals surface area contributed by atoms with Crippen molar-refractivity contribution in [2.24, 2.45) is 5.92 Å². The molecule has 9 nitrogen and oxygen atoms in total. The standard InChI is InChI=1S/C38H46N2O7/c1-25(2)21-23-45-31-19-17-26-12-6-8-14-28(26)34(31)35-29-15-9-7-13-27(29)18-20-32(35)46-24-33(41)40-30(36(42)43)16-10-11-22-39-37(44)47-38(3,4)5/h6-9,12-15,17-20,25,30H,10-11,16,21-24H2,1-5H3,(H,39,44)(H,40,41)(H,42,43)/t30-/m0/s1. The van der Waals surface area contributed by atoms with E-state index in [1.807, 2.05) is 60.7 Å². The van der Waals surface area contributed by atoms with Crippen LogP contribution in [0, 0.1) is 5.92 Å². The Labute approximate surface area is 276 Å². The van der Waals surface area contributed by atoms with E-state index in [-0.39, 0.29) is 13.0 Å². The SMILES string of the molecule is CC(C)CCOc1ccc2ccccc2c1-c1c(OCC(=O)N[C@@H](CCCCNC(=O)OC(C)(C)C)C(=O)O)ccc2ccccc12. The van der Waals surface area contributed by atoms with Gasteiger partial charge in [-0.1, -0.05) is 74.5 Å². The van der Waals surface area contributed by atoms with Crippen molar-refractivity contribution in [3.05, 3.63) is 72.8 Å². The second kappa shape index (κ2) is 16.2. The van der Waals surface area contributed by atoms with Crippen LogP contribution in [-0.4, -0.2) is 54.5 Å². The van der Waals surface area contributed by atoms with Gasteiger partial charge in [-0.15, -0.1) is 0 Å². The van der Waals surface area contributed by atoms with Crippen molar-refractivity contribution < 1.29 is 33.7 Å². The van der Waals surface area contributed by atoms with Gasteiger partial charge in [0.1, 0.15) is 23.1 Å². The van der Waals surface area contributed by atoms with E-state index in [2.05, 4.69) is 36.6 Å². The average molecular weight is 643 g/mol. The Morgan fingerprint density at radius 2 is 1.34 bits per heavy atom. The molecule has 3 N–H and O–H groups in total. The van der Waals surface area contributed by atoms with E-state index in [0.717, 1.165) is 44.8 Å². The van der Waals surface area contributed by atoms with E-state index in [4.69, 9.17) is 14.2 Å². The lowest BCUT2D eigenvalue weighted by Crippen LogP contribution is -2.43. The smallest absolute Gasteiger partial charge is 0.407 e. The Morgan fingerprint density at radius 1 is 0.766 bits per heavy atom. The van der Waals surface area contributed by atoms with Crippen molar-refractivity contribution in [2.45, 2.75) is 71.9 Å². The number of rotatable bonds is 15. The molecule has 0 saturated carbocycles. The van der Waals surface area contributed by atoms with E-state index in [1.54, 1.807) is 20.8 Å². The van der Waals surface area contributed by atoms with Crippen molar-refractivity contribution in [2.75, 3.05) is 19.8 Å². The molecule has 4 rings (SSSR count). The molecule has 0 aliphatic carbocycles. The van der Waals surface area contributed by atoms with Gasteiger partial charge in [0, 0.05) is 17.7 Å². The van der Waals surface area contributed by atoms with Crippen molar-refractivity contribution in [1.29, 1.82) is 0 Å². The van der Waals surface area contributed by atoms with Crippen molar-refractivity contribution in [1.82, 2.24) is 10.6 Å². The number of amides is 2. The molecule has 0 aromatic heterocycles. The molecule has 47 heavy (non-hydrogen) atoms. The summed E-state index contributed by atoms with van der Waals surface area (Å²) < 4.78 is 17.8. The molecular weight excluding hydrogens is 596 g/mol. The molecule has 1 atom stereocenters. The zero-order chi connectivity index (χ0) is 34.0. The summed E-state index contributed by atoms with van der Waals surface area (Å²) in [7, 11) is 0. The van der Waals surface area contributed by atoms with E-state index in [1.165, 1.54) is 0 Å². The zero-order valence-corrected chi connectivity index (χ0v) is 27.9. The molecule has 0 heterocycles. The minimum absolute atomic E-state index is 0.200. The van der Waals surface area contributed by atoms with Gasteiger partial charge in [-0.05, 0) is 86.1 Å². The summed E-state index contributed by atoms with van der Waals surface area (Å²) in [6, 6.07) is 22.8. The third-order valence-electron chi connectivity index (χ3n) is 7.56. The third-order valence-corrected chi connectivity index (χ3v) is 7.56. The second-order valence-corrected chi connectivity index (χ2v) is 13.0. The summed E-state index contributed by atoms with van der Waals surface area (Å²) in [5, 5.41) is 19.0. The first-order valence-corrected chi connectivity index (χ1v) is 16.2. The highest BCUT2D eigenvalue weighted by atomic mass is 16.6. The number of fused-ring (bicyclic) bond motifs is 2. The first kappa shape index (κ1) is 35.1. The molecule has 0 fully saturated rings. The van der Waals surface area contributed by atoms with Gasteiger partial charge in [0.25, 0.3) is 5.91 Å². The second-order valence-electron chi connectivity index (χ2n) is 13.0. The number of carbonyl (C=O) groups excluding carboxylic acids is 2. The number of carboxylic acid groups (broad SMARTS) is 1. The molecule has 250 valence electrons. The molecule has 0 radical (unpaired) electrons. The zero-order valence-electron chi connectivity index (χ0n) is 27.9. The van der Waals surface area contributed by atoms with Crippen LogP contribution in [0.3, 0.4) is 0 Å². The van der Waals surface area contributed by atoms with Gasteiger partial charge in [-0.2, -0.15) is 0 Å². The maximum absolute atomic E-state index is 13.0. The number of ether oxygens (including phenoxy) is 3. The summed E-state index contributed by atoms with van der Waals surface area (Å²) in [5.74, 6) is 0.0158. The van der Waals surface area contributed by atoms with Gasteiger partial charge in [0.2, 0.25) is 0 Å². The van der Waals surface area contributed by atoms with Crippen molar-refractivity contribution in [3.63, 3.8) is 0 Å². The Bertz CT molecular complexity index is 1690. The Kier molecular flexibility index (Phi) is 12.1. The van der Waals surface area contributed by atoms with Crippen LogP contribution in [0.5, 0.6) is 11.5 Å². The van der Waals surface area contributed by atoms with Crippen LogP contribution in [0.2, 0.25) is 0 Å². The molecule has 0 aliphatic rings. The van der Waals surface area contributed by atoms with Crippen LogP contribution in [0.1, 0.15) is 60.3 Å². The molecule has 0 unspecified atom stereocenters. The number of alkyl carbamates (subject to hydrolysis) is 1. The number of hydrogen-bond acceptors (Lipinski definition) is 6. The molecule has 4 aromatic rings. The average Bonchev–Trinajstić information content (AvgIpc) is 3.01. The first-order valence-electron chi connectivity index (χ1n) is 16.2. The lowest BCUT2D eigenvalue weighted by Gasteiger charge is -2.20. The summed E-state index contributed by atoms with van der Waals surface area (Å²) >= 11 is 0. The van der Waals surface area contributed by atoms with Gasteiger partial charge in [0.05, 0.1) is 6.61 Å². The molecule has 0 saturated heterocycles. The molecule has 9 heteroatoms. The lowest BCUT2D eigenvalue weighted by atomic mass is 9.92. The number of nitrogens with one attached hydrogen (secondary N) is 2. The van der Waals surface area contributed by atoms with Crippen LogP contribution >= 0.6 is 0 Å². The monoisotopic (exact) mass is 642 g/mol. The summed E-state index contributed by atoms with van der Waals surface area (Å²) in [6.07, 6.45) is 1.58. The summed E-state index contributed by atoms with van der Waals surface area (Å²) in [4.78, 5) is 36.8. The molecule has 4 aromatic carbocycles. The predicted octanol–water partition coefficient (Wildman–Crippen LogP) is 7.73. The van der Waals surface area contributed by atoms with E-state index in [0.29, 0.717) is 37.7 Å². The summed E-state index contributed by atoms with van der Waals surface area (Å²) in [5.41, 5.74) is 1.08. The quantitative estimate of drug-likeness (QED) is 0.113. The van der Waals surface area contributed by atoms with Crippen LogP contribution in [0.25, 0.3) is 32.7 Å². The Morgan fingerprint density at radius 3 is 1.89 bits per heavy atom. The minimum atomic E-state index is -1.14. The minimum Gasteiger partial charge on any atom is -0.493 e. The van der Waals surface area contributed by atoms with Gasteiger partial charge in [0.15, 0.2) is 6.61 Å². The maximum atomic E-state index is 13.0. The van der Waals surface area contributed by atoms with Crippen molar-refractivity contribution in [3.8, 4) is 22.6 Å². The van der Waals surface area contributed by atoms with Crippen LogP contribution < -0.4 is 20.1 Å². The highest BCUT2D eigenvalue weighted by molar-refractivity contribution is 6.09. The van der Waals surface area contributed by atoms with Gasteiger partial charge in [-0.25, -0.2) is 9.59 Å². The molecule has 0 bridgehead atoms. The van der Waals surface area contributed by atoms with E-state index in [9.17, 15) is 19.5 Å². The van der Waals surface area contributed by atoms with Crippen LogP contribution in [-0.2, 0) is 14.3 Å². The van der Waals surface area contributed by atoms with Gasteiger partial charge < -0.3 is 30.0 Å². The number of unbranched alkanes of at least 4 members (excludes halogenated alkanes) is 1. The molecule has 0 spiro atoms. The largest absolute Gasteiger partial charge is 0.493 e. The van der Waals surface area contributed by atoms with E-state index >= 15 is 0 Å². The fourth-order valence-corrected chi connectivity index (χ4v) is 5.28. The Balaban J connectivity index is 1.52. The fraction of sp³-hybridized carbons (Fsp3) is 0.395. The van der Waals surface area contributed by atoms with Crippen LogP contribution in [0.4, 0.5) is 4.79 Å². The first-order chi connectivity index (χ1) is 22.4. The number of benzene rings is 4. The molecular formula is C38H46N2O7. The molecule has 0 aliphatic heterocycles. The maximum Gasteiger partial charge on any atom is 0.407 e. The number of aliphatic carboxylic acids is 1. The van der Waals surface area contributed by atoms with E-state index < -0.39 is 29.6 Å². The third kappa shape index (κ3) is 10.1. The number of carboxylic acids is 1. The number of carbonyl (C=O) groups is 3. The topological polar surface area (TPSA) is 123 Å². The highest BCUT2D eigenvalue weighted by Crippen LogP contribution is 2.45. The molecule has 2 amide bonds. The normalized spacial score (nSPS) is 12.1. The lowest BCUT2D eigenvalue weighted by molar-refractivity contribution is -0.142. The number of hydrogen-bond donors (Lipinski definition) is 3. The highest BCUT2D eigenvalue weighted by Gasteiger charge is 2.23. The van der Waals surface area contributed by atoms with Crippen LogP contribution in [0.15, 0.2) is 72.8 Å². The predicted molar refractivity (Wildman–Crippen MR) is 185 cm³/mol. The fourth-order valence-electron chi connectivity index (χ4n) is 5.28. The summed E-state index contributed by atoms with van der Waals surface area (Å²) in [6.45, 7) is 10.2. The van der Waals surface area contributed by atoms with Crippen molar-refractivity contribution >= 4 is 39.5 Å².